The van der Waals surface area contributed by atoms with Gasteiger partial charge in [-0.15, -0.1) is 11.3 Å². The Labute approximate surface area is 155 Å². The SMILES string of the molecule is COc1cccc2c1O[C@H](c1ccc(C)o1)N1N=C(c3cccs3)C[C@@H]21. The van der Waals surface area contributed by atoms with Crippen LogP contribution in [-0.4, -0.2) is 17.8 Å². The van der Waals surface area contributed by atoms with Crippen LogP contribution in [0, 0.1) is 6.92 Å². The summed E-state index contributed by atoms with van der Waals surface area (Å²) in [5.41, 5.74) is 2.18. The Hall–Kier alpha value is -2.73. The summed E-state index contributed by atoms with van der Waals surface area (Å²) in [6, 6.07) is 14.2. The van der Waals surface area contributed by atoms with Crippen LogP contribution in [-0.2, 0) is 0 Å². The largest absolute Gasteiger partial charge is 0.493 e. The molecule has 0 N–H and O–H groups in total. The van der Waals surface area contributed by atoms with E-state index < -0.39 is 6.23 Å². The number of furan rings is 1. The van der Waals surface area contributed by atoms with Gasteiger partial charge in [0.1, 0.15) is 5.76 Å². The molecule has 2 aromatic heterocycles. The molecule has 0 spiro atoms. The molecule has 3 aromatic rings. The van der Waals surface area contributed by atoms with Gasteiger partial charge in [-0.3, -0.25) is 0 Å². The number of thiophene rings is 1. The van der Waals surface area contributed by atoms with Crippen molar-refractivity contribution in [2.24, 2.45) is 5.10 Å². The number of hydrogen-bond acceptors (Lipinski definition) is 6. The van der Waals surface area contributed by atoms with Crippen molar-refractivity contribution in [1.82, 2.24) is 5.01 Å². The van der Waals surface area contributed by atoms with E-state index >= 15 is 0 Å². The van der Waals surface area contributed by atoms with Crippen LogP contribution < -0.4 is 9.47 Å². The van der Waals surface area contributed by atoms with Crippen LogP contribution in [0.1, 0.15) is 40.7 Å². The zero-order valence-corrected chi connectivity index (χ0v) is 15.3. The van der Waals surface area contributed by atoms with Gasteiger partial charge in [0.15, 0.2) is 17.3 Å². The van der Waals surface area contributed by atoms with Crippen LogP contribution in [0.3, 0.4) is 0 Å². The zero-order chi connectivity index (χ0) is 17.7. The van der Waals surface area contributed by atoms with Crippen LogP contribution in [0.5, 0.6) is 11.5 Å². The lowest BCUT2D eigenvalue weighted by molar-refractivity contribution is -0.0345. The summed E-state index contributed by atoms with van der Waals surface area (Å²) in [7, 11) is 1.67. The molecule has 0 bridgehead atoms. The highest BCUT2D eigenvalue weighted by Gasteiger charge is 2.43. The second-order valence-electron chi connectivity index (χ2n) is 6.42. The fourth-order valence-electron chi connectivity index (χ4n) is 3.61. The number of ether oxygens (including phenoxy) is 2. The standard InChI is InChI=1S/C20H18N2O3S/c1-12-8-9-17(24-12)20-22-15(11-14(21-22)18-7-4-10-26-18)13-5-3-6-16(23-2)19(13)25-20/h3-10,15,20H,11H2,1-2H3/t15-,20+/m0/s1. The number of hydrogen-bond donors (Lipinski definition) is 0. The lowest BCUT2D eigenvalue weighted by atomic mass is 9.98. The summed E-state index contributed by atoms with van der Waals surface area (Å²) >= 11 is 1.71. The third-order valence-corrected chi connectivity index (χ3v) is 5.73. The van der Waals surface area contributed by atoms with Crippen molar-refractivity contribution in [2.75, 3.05) is 7.11 Å². The summed E-state index contributed by atoms with van der Waals surface area (Å²) < 4.78 is 17.7. The minimum absolute atomic E-state index is 0.0985. The van der Waals surface area contributed by atoms with Gasteiger partial charge < -0.3 is 13.9 Å². The molecular weight excluding hydrogens is 348 g/mol. The average Bonchev–Trinajstić information content (AvgIpc) is 3.40. The van der Waals surface area contributed by atoms with Gasteiger partial charge in [0, 0.05) is 12.0 Å². The highest BCUT2D eigenvalue weighted by molar-refractivity contribution is 7.12. The summed E-state index contributed by atoms with van der Waals surface area (Å²) in [4.78, 5) is 1.19. The zero-order valence-electron chi connectivity index (χ0n) is 14.5. The molecule has 5 nitrogen and oxygen atoms in total. The number of methoxy groups -OCH3 is 1. The molecule has 132 valence electrons. The van der Waals surface area contributed by atoms with Gasteiger partial charge in [0.25, 0.3) is 0 Å². The maximum Gasteiger partial charge on any atom is 0.246 e. The number of benzene rings is 1. The van der Waals surface area contributed by atoms with Gasteiger partial charge in [-0.05, 0) is 36.6 Å². The van der Waals surface area contributed by atoms with E-state index in [1.807, 2.05) is 36.2 Å². The van der Waals surface area contributed by atoms with E-state index in [-0.39, 0.29) is 6.04 Å². The Morgan fingerprint density at radius 3 is 2.85 bits per heavy atom. The van der Waals surface area contributed by atoms with E-state index in [2.05, 4.69) is 23.6 Å². The van der Waals surface area contributed by atoms with Gasteiger partial charge >= 0.3 is 0 Å². The molecular formula is C20H18N2O3S. The lowest BCUT2D eigenvalue weighted by Gasteiger charge is -2.37. The van der Waals surface area contributed by atoms with Crippen molar-refractivity contribution in [1.29, 1.82) is 0 Å². The van der Waals surface area contributed by atoms with E-state index in [4.69, 9.17) is 19.0 Å². The Balaban J connectivity index is 1.63. The van der Waals surface area contributed by atoms with E-state index in [9.17, 15) is 0 Å². The van der Waals surface area contributed by atoms with Crippen molar-refractivity contribution >= 4 is 17.0 Å². The minimum Gasteiger partial charge on any atom is -0.493 e. The highest BCUT2D eigenvalue weighted by Crippen LogP contribution is 2.50. The number of nitrogens with zero attached hydrogens (tertiary/aromatic N) is 2. The number of aryl methyl sites for hydroxylation is 1. The molecule has 0 radical (unpaired) electrons. The molecule has 1 aromatic carbocycles. The molecule has 0 saturated carbocycles. The second kappa shape index (κ2) is 5.92. The maximum atomic E-state index is 6.34. The second-order valence-corrected chi connectivity index (χ2v) is 7.37. The Morgan fingerprint density at radius 2 is 2.12 bits per heavy atom. The van der Waals surface area contributed by atoms with Crippen molar-refractivity contribution in [3.63, 3.8) is 0 Å². The van der Waals surface area contributed by atoms with Crippen LogP contribution in [0.25, 0.3) is 0 Å². The molecule has 6 heteroatoms. The number of para-hydroxylation sites is 1. The summed E-state index contributed by atoms with van der Waals surface area (Å²) in [6.45, 7) is 1.93. The molecule has 0 saturated heterocycles. The summed E-state index contributed by atoms with van der Waals surface area (Å²) in [6.07, 6.45) is 0.426. The third-order valence-electron chi connectivity index (χ3n) is 4.81. The van der Waals surface area contributed by atoms with Crippen LogP contribution >= 0.6 is 11.3 Å². The van der Waals surface area contributed by atoms with E-state index in [1.165, 1.54) is 4.88 Å². The lowest BCUT2D eigenvalue weighted by Crippen LogP contribution is -2.33. The number of hydrazone groups is 1. The molecule has 26 heavy (non-hydrogen) atoms. The van der Waals surface area contributed by atoms with Gasteiger partial charge in [0.2, 0.25) is 6.23 Å². The first-order chi connectivity index (χ1) is 12.7. The van der Waals surface area contributed by atoms with Crippen molar-refractivity contribution in [3.05, 3.63) is 69.8 Å². The number of fused-ring (bicyclic) bond motifs is 3. The molecule has 4 heterocycles. The normalized spacial score (nSPS) is 21.0. The molecule has 0 amide bonds. The highest BCUT2D eigenvalue weighted by atomic mass is 32.1. The molecule has 0 unspecified atom stereocenters. The third kappa shape index (κ3) is 2.33. The smallest absolute Gasteiger partial charge is 0.246 e. The maximum absolute atomic E-state index is 6.34. The van der Waals surface area contributed by atoms with Crippen LogP contribution in [0.4, 0.5) is 0 Å². The first-order valence-electron chi connectivity index (χ1n) is 8.54. The Morgan fingerprint density at radius 1 is 1.19 bits per heavy atom. The van der Waals surface area contributed by atoms with Crippen LogP contribution in [0.2, 0.25) is 0 Å². The Kier molecular flexibility index (Phi) is 3.53. The summed E-state index contributed by atoms with van der Waals surface area (Å²) in [5.74, 6) is 3.12. The number of rotatable bonds is 3. The van der Waals surface area contributed by atoms with Gasteiger partial charge in [0.05, 0.1) is 23.7 Å². The molecule has 0 aliphatic carbocycles. The van der Waals surface area contributed by atoms with Crippen molar-refractivity contribution < 1.29 is 13.9 Å². The van der Waals surface area contributed by atoms with Gasteiger partial charge in [-0.25, -0.2) is 5.01 Å². The molecule has 0 fully saturated rings. The first-order valence-corrected chi connectivity index (χ1v) is 9.42. The topological polar surface area (TPSA) is 47.2 Å². The van der Waals surface area contributed by atoms with E-state index in [0.717, 1.165) is 40.7 Å². The quantitative estimate of drug-likeness (QED) is 0.661. The average molecular weight is 366 g/mol. The molecule has 2 aliphatic heterocycles. The fourth-order valence-corrected chi connectivity index (χ4v) is 4.33. The molecule has 2 atom stereocenters. The van der Waals surface area contributed by atoms with E-state index in [0.29, 0.717) is 0 Å². The monoisotopic (exact) mass is 366 g/mol. The predicted molar refractivity (Wildman–Crippen MR) is 99.9 cm³/mol. The molecule has 5 rings (SSSR count). The minimum atomic E-state index is -0.407. The van der Waals surface area contributed by atoms with Crippen LogP contribution in [0.15, 0.2) is 57.4 Å². The van der Waals surface area contributed by atoms with Gasteiger partial charge in [-0.2, -0.15) is 5.10 Å². The fraction of sp³-hybridized carbons (Fsp3) is 0.250. The predicted octanol–water partition coefficient (Wildman–Crippen LogP) is 4.90. The van der Waals surface area contributed by atoms with Gasteiger partial charge in [-0.1, -0.05) is 18.2 Å². The van der Waals surface area contributed by atoms with Crippen molar-refractivity contribution in [2.45, 2.75) is 25.6 Å². The van der Waals surface area contributed by atoms with Crippen molar-refractivity contribution in [3.8, 4) is 11.5 Å². The first kappa shape index (κ1) is 15.5. The Bertz CT molecular complexity index is 977. The van der Waals surface area contributed by atoms with E-state index in [1.54, 1.807) is 18.4 Å². The molecule has 2 aliphatic rings. The summed E-state index contributed by atoms with van der Waals surface area (Å²) in [5, 5.41) is 9.01.